The highest BCUT2D eigenvalue weighted by atomic mass is 19.1. The highest BCUT2D eigenvalue weighted by Crippen LogP contribution is 2.09. The van der Waals surface area contributed by atoms with Crippen LogP contribution in [0.4, 0.5) is 4.39 Å². The number of likely N-dealkylation sites (N-methyl/N-ethyl adjacent to an activating group) is 1. The van der Waals surface area contributed by atoms with E-state index in [4.69, 9.17) is 11.5 Å². The van der Waals surface area contributed by atoms with E-state index in [2.05, 4.69) is 5.92 Å². The van der Waals surface area contributed by atoms with Gasteiger partial charge in [-0.05, 0) is 6.07 Å². The summed E-state index contributed by atoms with van der Waals surface area (Å²) in [7, 11) is 1.53. The maximum atomic E-state index is 13.5. The first-order valence-electron chi connectivity index (χ1n) is 6.29. The summed E-state index contributed by atoms with van der Waals surface area (Å²) in [5, 5.41) is 8.75. The van der Waals surface area contributed by atoms with E-state index in [1.165, 1.54) is 22.9 Å². The van der Waals surface area contributed by atoms with Gasteiger partial charge in [-0.25, -0.2) is 4.39 Å². The van der Waals surface area contributed by atoms with Gasteiger partial charge < -0.3 is 10.0 Å². The van der Waals surface area contributed by atoms with Crippen molar-refractivity contribution in [2.75, 3.05) is 26.7 Å². The maximum absolute atomic E-state index is 13.5. The summed E-state index contributed by atoms with van der Waals surface area (Å²) in [6.07, 6.45) is 5.14. The molecule has 0 heterocycles. The summed E-state index contributed by atoms with van der Waals surface area (Å²) in [5.41, 5.74) is 0.398. The topological polar surface area (TPSA) is 60.9 Å². The number of benzene rings is 1. The summed E-state index contributed by atoms with van der Waals surface area (Å²) in [4.78, 5) is 25.4. The molecule has 112 valence electrons. The van der Waals surface area contributed by atoms with Crippen molar-refractivity contribution in [1.82, 2.24) is 9.80 Å². The van der Waals surface area contributed by atoms with Crippen molar-refractivity contribution in [3.05, 3.63) is 35.6 Å². The molecular weight excluding hydrogens is 275 g/mol. The fourth-order valence-corrected chi connectivity index (χ4v) is 1.77. The van der Waals surface area contributed by atoms with Crippen molar-refractivity contribution >= 4 is 11.9 Å². The number of amides is 1. The van der Waals surface area contributed by atoms with Gasteiger partial charge in [-0.1, -0.05) is 24.1 Å². The third-order valence-electron chi connectivity index (χ3n) is 2.82. The maximum Gasteiger partial charge on any atom is 0.317 e. The fourth-order valence-electron chi connectivity index (χ4n) is 1.77. The van der Waals surface area contributed by atoms with E-state index < -0.39 is 5.97 Å². The van der Waals surface area contributed by atoms with E-state index in [0.29, 0.717) is 5.56 Å². The van der Waals surface area contributed by atoms with Crippen molar-refractivity contribution in [3.8, 4) is 12.3 Å². The first kappa shape index (κ1) is 16.7. The van der Waals surface area contributed by atoms with E-state index in [9.17, 15) is 14.0 Å². The SMILES string of the molecule is C#CCN(CC(=O)O)CC(=O)N(C)Cc1ccccc1F. The van der Waals surface area contributed by atoms with Crippen LogP contribution in [0.1, 0.15) is 5.56 Å². The number of carboxylic acids is 1. The standard InChI is InChI=1S/C15H17FN2O3/c1-3-8-18(11-15(20)21)10-14(19)17(2)9-12-6-4-5-7-13(12)16/h1,4-7H,8-11H2,2H3,(H,20,21). The Hall–Kier alpha value is -2.39. The van der Waals surface area contributed by atoms with Gasteiger partial charge in [0.1, 0.15) is 5.82 Å². The van der Waals surface area contributed by atoms with Crippen LogP contribution in [-0.4, -0.2) is 53.5 Å². The van der Waals surface area contributed by atoms with E-state index in [1.807, 2.05) is 0 Å². The Labute approximate surface area is 123 Å². The lowest BCUT2D eigenvalue weighted by Crippen LogP contribution is -2.40. The van der Waals surface area contributed by atoms with Crippen LogP contribution in [-0.2, 0) is 16.1 Å². The summed E-state index contributed by atoms with van der Waals surface area (Å²) in [6.45, 7) is -0.265. The molecular formula is C15H17FN2O3. The van der Waals surface area contributed by atoms with Gasteiger partial charge in [0.2, 0.25) is 5.91 Å². The van der Waals surface area contributed by atoms with E-state index in [-0.39, 0.29) is 37.9 Å². The molecule has 21 heavy (non-hydrogen) atoms. The van der Waals surface area contributed by atoms with Gasteiger partial charge in [-0.15, -0.1) is 6.42 Å². The van der Waals surface area contributed by atoms with Gasteiger partial charge in [0.05, 0.1) is 19.6 Å². The average Bonchev–Trinajstić information content (AvgIpc) is 2.40. The van der Waals surface area contributed by atoms with Crippen LogP contribution in [0.15, 0.2) is 24.3 Å². The molecule has 1 rings (SSSR count). The molecule has 5 nitrogen and oxygen atoms in total. The lowest BCUT2D eigenvalue weighted by molar-refractivity contribution is -0.139. The lowest BCUT2D eigenvalue weighted by Gasteiger charge is -2.22. The van der Waals surface area contributed by atoms with E-state index >= 15 is 0 Å². The normalized spacial score (nSPS) is 10.2. The van der Waals surface area contributed by atoms with Crippen LogP contribution in [0.5, 0.6) is 0 Å². The van der Waals surface area contributed by atoms with Gasteiger partial charge >= 0.3 is 5.97 Å². The molecule has 0 aliphatic carbocycles. The largest absolute Gasteiger partial charge is 0.480 e. The molecule has 0 fully saturated rings. The number of nitrogens with zero attached hydrogens (tertiary/aromatic N) is 2. The number of carbonyl (C=O) groups excluding carboxylic acids is 1. The van der Waals surface area contributed by atoms with Gasteiger partial charge in [-0.2, -0.15) is 0 Å². The minimum absolute atomic E-state index is 0.0611. The van der Waals surface area contributed by atoms with E-state index in [1.54, 1.807) is 18.2 Å². The molecule has 1 aromatic carbocycles. The van der Waals surface area contributed by atoms with Crippen molar-refractivity contribution in [2.24, 2.45) is 0 Å². The summed E-state index contributed by atoms with van der Waals surface area (Å²) in [5.74, 6) is 0.537. The van der Waals surface area contributed by atoms with E-state index in [0.717, 1.165) is 0 Å². The fraction of sp³-hybridized carbons (Fsp3) is 0.333. The smallest absolute Gasteiger partial charge is 0.317 e. The number of hydrogen-bond acceptors (Lipinski definition) is 3. The third-order valence-corrected chi connectivity index (χ3v) is 2.82. The minimum atomic E-state index is -1.06. The Bertz CT molecular complexity index is 554. The molecule has 0 atom stereocenters. The predicted molar refractivity (Wildman–Crippen MR) is 75.8 cm³/mol. The Morgan fingerprint density at radius 2 is 2.00 bits per heavy atom. The molecule has 0 bridgehead atoms. The van der Waals surface area contributed by atoms with Crippen molar-refractivity contribution < 1.29 is 19.1 Å². The Morgan fingerprint density at radius 3 is 2.57 bits per heavy atom. The highest BCUT2D eigenvalue weighted by Gasteiger charge is 2.17. The van der Waals surface area contributed by atoms with Crippen LogP contribution in [0, 0.1) is 18.2 Å². The van der Waals surface area contributed by atoms with Crippen LogP contribution in [0.25, 0.3) is 0 Å². The van der Waals surface area contributed by atoms with Gasteiger partial charge in [0.15, 0.2) is 0 Å². The van der Waals surface area contributed by atoms with Gasteiger partial charge in [-0.3, -0.25) is 14.5 Å². The molecule has 0 aliphatic heterocycles. The number of carbonyl (C=O) groups is 2. The van der Waals surface area contributed by atoms with Crippen molar-refractivity contribution in [3.63, 3.8) is 0 Å². The lowest BCUT2D eigenvalue weighted by atomic mass is 10.2. The molecule has 0 saturated carbocycles. The molecule has 0 saturated heterocycles. The number of aliphatic carboxylic acids is 1. The quantitative estimate of drug-likeness (QED) is 0.755. The highest BCUT2D eigenvalue weighted by molar-refractivity contribution is 5.79. The molecule has 1 amide bonds. The third kappa shape index (κ3) is 5.63. The average molecular weight is 292 g/mol. The zero-order valence-electron chi connectivity index (χ0n) is 11.8. The monoisotopic (exact) mass is 292 g/mol. The second-order valence-electron chi connectivity index (χ2n) is 4.58. The number of rotatable bonds is 7. The van der Waals surface area contributed by atoms with Crippen LogP contribution < -0.4 is 0 Å². The summed E-state index contributed by atoms with van der Waals surface area (Å²) >= 11 is 0. The Morgan fingerprint density at radius 1 is 1.33 bits per heavy atom. The second kappa shape index (κ2) is 8.02. The molecule has 6 heteroatoms. The molecule has 0 unspecified atom stereocenters. The Kier molecular flexibility index (Phi) is 6.37. The first-order chi connectivity index (χ1) is 9.93. The molecule has 1 N–H and O–H groups in total. The molecule has 1 aromatic rings. The molecule has 0 aromatic heterocycles. The minimum Gasteiger partial charge on any atom is -0.480 e. The van der Waals surface area contributed by atoms with Crippen molar-refractivity contribution in [1.29, 1.82) is 0 Å². The van der Waals surface area contributed by atoms with Crippen molar-refractivity contribution in [2.45, 2.75) is 6.54 Å². The molecule has 0 aliphatic rings. The first-order valence-corrected chi connectivity index (χ1v) is 6.29. The number of hydrogen-bond donors (Lipinski definition) is 1. The van der Waals surface area contributed by atoms with Crippen LogP contribution in [0.3, 0.4) is 0 Å². The van der Waals surface area contributed by atoms with Gasteiger partial charge in [0.25, 0.3) is 0 Å². The zero-order chi connectivity index (χ0) is 15.8. The second-order valence-corrected chi connectivity index (χ2v) is 4.58. The van der Waals surface area contributed by atoms with Crippen LogP contribution in [0.2, 0.25) is 0 Å². The number of terminal acetylenes is 1. The number of carboxylic acid groups (broad SMARTS) is 1. The molecule has 0 radical (unpaired) electrons. The summed E-state index contributed by atoms with van der Waals surface area (Å²) in [6, 6.07) is 6.17. The zero-order valence-corrected chi connectivity index (χ0v) is 11.8. The molecule has 0 spiro atoms. The Balaban J connectivity index is 2.63. The summed E-state index contributed by atoms with van der Waals surface area (Å²) < 4.78 is 13.5. The predicted octanol–water partition coefficient (Wildman–Crippen LogP) is 0.804. The number of halogens is 1. The van der Waals surface area contributed by atoms with Gasteiger partial charge in [0, 0.05) is 19.2 Å². The van der Waals surface area contributed by atoms with Crippen LogP contribution >= 0.6 is 0 Å².